The second-order valence-corrected chi connectivity index (χ2v) is 7.52. The number of nitrogens with one attached hydrogen (secondary N) is 1. The summed E-state index contributed by atoms with van der Waals surface area (Å²) in [7, 11) is 0. The second kappa shape index (κ2) is 11.8. The average molecular weight is 402 g/mol. The lowest BCUT2D eigenvalue weighted by Crippen LogP contribution is -2.20. The molecule has 0 fully saturated rings. The van der Waals surface area contributed by atoms with Crippen LogP contribution in [0.3, 0.4) is 0 Å². The molecule has 0 saturated heterocycles. The minimum absolute atomic E-state index is 0.287. The van der Waals surface area contributed by atoms with Gasteiger partial charge in [0, 0.05) is 18.0 Å². The van der Waals surface area contributed by atoms with Crippen molar-refractivity contribution in [1.29, 1.82) is 0 Å². The molecule has 0 aliphatic carbocycles. The van der Waals surface area contributed by atoms with Crippen LogP contribution < -0.4 is 5.32 Å². The van der Waals surface area contributed by atoms with Gasteiger partial charge in [-0.2, -0.15) is 0 Å². The van der Waals surface area contributed by atoms with Crippen molar-refractivity contribution in [3.63, 3.8) is 0 Å². The zero-order chi connectivity index (χ0) is 21.2. The summed E-state index contributed by atoms with van der Waals surface area (Å²) in [6.45, 7) is 18.4. The van der Waals surface area contributed by atoms with E-state index in [4.69, 9.17) is 11.6 Å². The SMILES string of the molecule is C=CCC=CC(=CC)C(CCNCc1cccc(C(C)(F)C=C)c1Cl)C(=C)C. The first kappa shape index (κ1) is 24.1. The number of hydrogen-bond acceptors (Lipinski definition) is 1. The first-order valence-corrected chi connectivity index (χ1v) is 10.1. The van der Waals surface area contributed by atoms with E-state index in [1.165, 1.54) is 18.6 Å². The minimum atomic E-state index is -1.64. The maximum Gasteiger partial charge on any atom is 0.152 e. The topological polar surface area (TPSA) is 12.0 Å². The van der Waals surface area contributed by atoms with Gasteiger partial charge in [-0.25, -0.2) is 4.39 Å². The van der Waals surface area contributed by atoms with Crippen molar-refractivity contribution in [3.05, 3.63) is 95.6 Å². The van der Waals surface area contributed by atoms with E-state index in [-0.39, 0.29) is 5.92 Å². The molecule has 2 unspecified atom stereocenters. The average Bonchev–Trinajstić information content (AvgIpc) is 2.66. The van der Waals surface area contributed by atoms with E-state index < -0.39 is 5.67 Å². The molecule has 1 aromatic carbocycles. The van der Waals surface area contributed by atoms with Crippen molar-refractivity contribution in [2.45, 2.75) is 45.8 Å². The molecule has 1 aromatic rings. The van der Waals surface area contributed by atoms with Crippen molar-refractivity contribution < 1.29 is 4.39 Å². The fraction of sp³-hybridized carbons (Fsp3) is 0.360. The summed E-state index contributed by atoms with van der Waals surface area (Å²) < 4.78 is 14.6. The molecule has 2 atom stereocenters. The highest BCUT2D eigenvalue weighted by molar-refractivity contribution is 6.32. The number of alkyl halides is 1. The molecule has 0 bridgehead atoms. The van der Waals surface area contributed by atoms with Gasteiger partial charge in [0.1, 0.15) is 0 Å². The predicted molar refractivity (Wildman–Crippen MR) is 122 cm³/mol. The van der Waals surface area contributed by atoms with Crippen LogP contribution in [-0.2, 0) is 12.2 Å². The molecule has 0 radical (unpaired) electrons. The molecule has 0 aromatic heterocycles. The lowest BCUT2D eigenvalue weighted by atomic mass is 9.89. The van der Waals surface area contributed by atoms with E-state index in [2.05, 4.69) is 57.1 Å². The van der Waals surface area contributed by atoms with Crippen LogP contribution in [0.4, 0.5) is 4.39 Å². The molecule has 1 N–H and O–H groups in total. The maximum atomic E-state index is 14.6. The Bertz CT molecular complexity index is 743. The molecule has 0 spiro atoms. The van der Waals surface area contributed by atoms with Gasteiger partial charge < -0.3 is 5.32 Å². The van der Waals surface area contributed by atoms with Crippen LogP contribution in [0.25, 0.3) is 0 Å². The number of benzene rings is 1. The quantitative estimate of drug-likeness (QED) is 0.217. The summed E-state index contributed by atoms with van der Waals surface area (Å²) in [6.07, 6.45) is 11.3. The van der Waals surface area contributed by atoms with E-state index >= 15 is 0 Å². The summed E-state index contributed by atoms with van der Waals surface area (Å²) in [5.74, 6) is 0.287. The first-order chi connectivity index (χ1) is 13.3. The van der Waals surface area contributed by atoms with Crippen molar-refractivity contribution in [1.82, 2.24) is 5.32 Å². The smallest absolute Gasteiger partial charge is 0.152 e. The molecule has 28 heavy (non-hydrogen) atoms. The van der Waals surface area contributed by atoms with Gasteiger partial charge in [-0.05, 0) is 51.3 Å². The summed E-state index contributed by atoms with van der Waals surface area (Å²) >= 11 is 6.44. The van der Waals surface area contributed by atoms with Crippen LogP contribution in [0, 0.1) is 5.92 Å². The lowest BCUT2D eigenvalue weighted by Gasteiger charge is -2.21. The maximum absolute atomic E-state index is 14.6. The van der Waals surface area contributed by atoms with Crippen LogP contribution >= 0.6 is 11.6 Å². The van der Waals surface area contributed by atoms with Gasteiger partial charge in [0.05, 0.1) is 5.02 Å². The number of allylic oxidation sites excluding steroid dienone is 7. The normalized spacial score (nSPS) is 15.2. The largest absolute Gasteiger partial charge is 0.313 e. The van der Waals surface area contributed by atoms with Gasteiger partial charge in [-0.15, -0.1) is 6.58 Å². The van der Waals surface area contributed by atoms with Crippen LogP contribution in [0.15, 0.2) is 79.5 Å². The van der Waals surface area contributed by atoms with Gasteiger partial charge in [-0.3, -0.25) is 0 Å². The summed E-state index contributed by atoms with van der Waals surface area (Å²) in [5.41, 5.74) is 2.09. The van der Waals surface area contributed by atoms with E-state index in [1.54, 1.807) is 6.07 Å². The van der Waals surface area contributed by atoms with Crippen molar-refractivity contribution in [2.24, 2.45) is 5.92 Å². The Kier molecular flexibility index (Phi) is 10.2. The Hall–Kier alpha value is -1.90. The number of hydrogen-bond donors (Lipinski definition) is 1. The Morgan fingerprint density at radius 2 is 2.07 bits per heavy atom. The highest BCUT2D eigenvalue weighted by atomic mass is 35.5. The third-order valence-corrected chi connectivity index (χ3v) is 5.30. The van der Waals surface area contributed by atoms with Crippen LogP contribution in [0.1, 0.15) is 44.7 Å². The number of halogens is 2. The molecular weight excluding hydrogens is 369 g/mol. The third-order valence-electron chi connectivity index (χ3n) is 4.86. The van der Waals surface area contributed by atoms with E-state index in [0.717, 1.165) is 30.5 Å². The minimum Gasteiger partial charge on any atom is -0.313 e. The van der Waals surface area contributed by atoms with Crippen LogP contribution in [-0.4, -0.2) is 6.54 Å². The lowest BCUT2D eigenvalue weighted by molar-refractivity contribution is 0.264. The van der Waals surface area contributed by atoms with Crippen molar-refractivity contribution in [2.75, 3.05) is 6.54 Å². The highest BCUT2D eigenvalue weighted by Gasteiger charge is 2.25. The molecule has 0 aliphatic rings. The van der Waals surface area contributed by atoms with Gasteiger partial charge in [-0.1, -0.05) is 78.9 Å². The Balaban J connectivity index is 2.75. The van der Waals surface area contributed by atoms with E-state index in [0.29, 0.717) is 17.1 Å². The Labute approximate surface area is 175 Å². The van der Waals surface area contributed by atoms with Gasteiger partial charge in [0.25, 0.3) is 0 Å². The predicted octanol–water partition coefficient (Wildman–Crippen LogP) is 7.46. The second-order valence-electron chi connectivity index (χ2n) is 7.14. The fourth-order valence-electron chi connectivity index (χ4n) is 3.08. The van der Waals surface area contributed by atoms with Crippen LogP contribution in [0.5, 0.6) is 0 Å². The zero-order valence-electron chi connectivity index (χ0n) is 17.4. The standard InChI is InChI=1S/C25H33ClFN/c1-7-10-11-13-20(8-2)22(19(4)5)16-17-28-18-21-14-12-15-23(24(21)26)25(6,27)9-3/h7-9,11-15,22,28H,1,3-4,10,16-18H2,2,5-6H3. The summed E-state index contributed by atoms with van der Waals surface area (Å²) in [4.78, 5) is 0. The van der Waals surface area contributed by atoms with Crippen molar-refractivity contribution >= 4 is 11.6 Å². The van der Waals surface area contributed by atoms with Crippen molar-refractivity contribution in [3.8, 4) is 0 Å². The first-order valence-electron chi connectivity index (χ1n) is 9.68. The molecule has 0 amide bonds. The molecule has 3 heteroatoms. The molecule has 0 aliphatic heterocycles. The molecular formula is C25H33ClFN. The van der Waals surface area contributed by atoms with E-state index in [9.17, 15) is 4.39 Å². The van der Waals surface area contributed by atoms with Gasteiger partial charge in [0.2, 0.25) is 0 Å². The summed E-state index contributed by atoms with van der Waals surface area (Å²) in [6, 6.07) is 5.46. The molecule has 1 rings (SSSR count). The molecule has 152 valence electrons. The molecule has 0 heterocycles. The molecule has 1 nitrogen and oxygen atoms in total. The van der Waals surface area contributed by atoms with Crippen LogP contribution in [0.2, 0.25) is 5.02 Å². The fourth-order valence-corrected chi connectivity index (χ4v) is 3.46. The Morgan fingerprint density at radius 3 is 2.64 bits per heavy atom. The van der Waals surface area contributed by atoms with Gasteiger partial charge >= 0.3 is 0 Å². The number of rotatable bonds is 12. The van der Waals surface area contributed by atoms with E-state index in [1.807, 2.05) is 18.2 Å². The summed E-state index contributed by atoms with van der Waals surface area (Å²) in [5, 5.41) is 3.89. The Morgan fingerprint density at radius 1 is 1.36 bits per heavy atom. The zero-order valence-corrected chi connectivity index (χ0v) is 18.2. The monoisotopic (exact) mass is 401 g/mol. The third kappa shape index (κ3) is 6.92. The highest BCUT2D eigenvalue weighted by Crippen LogP contribution is 2.34. The molecule has 0 saturated carbocycles. The van der Waals surface area contributed by atoms with Gasteiger partial charge in [0.15, 0.2) is 5.67 Å².